The number of oxazole rings is 1. The van der Waals surface area contributed by atoms with Gasteiger partial charge in [-0.25, -0.2) is 13.4 Å². The van der Waals surface area contributed by atoms with Crippen LogP contribution in [0.5, 0.6) is 5.75 Å². The minimum absolute atomic E-state index is 0.0744. The molecule has 0 aliphatic heterocycles. The molecule has 5 aromatic rings. The van der Waals surface area contributed by atoms with Gasteiger partial charge in [-0.1, -0.05) is 66.7 Å². The normalized spacial score (nSPS) is 11.7. The Morgan fingerprint density at radius 2 is 1.62 bits per heavy atom. The first-order valence-electron chi connectivity index (χ1n) is 12.7. The molecular weight excluding hydrogens is 528 g/mol. The number of carboxylic acid groups (broad SMARTS) is 1. The minimum Gasteiger partial charge on any atom is -0.493 e. The van der Waals surface area contributed by atoms with Gasteiger partial charge in [-0.2, -0.15) is 4.31 Å². The summed E-state index contributed by atoms with van der Waals surface area (Å²) >= 11 is 0. The summed E-state index contributed by atoms with van der Waals surface area (Å²) in [7, 11) is -4.09. The third-order valence-electron chi connectivity index (χ3n) is 6.48. The van der Waals surface area contributed by atoms with Crippen LogP contribution in [0.4, 0.5) is 0 Å². The molecule has 0 amide bonds. The average Bonchev–Trinajstić information content (AvgIpc) is 3.33. The van der Waals surface area contributed by atoms with Crippen LogP contribution in [0, 0.1) is 6.92 Å². The second-order valence-electron chi connectivity index (χ2n) is 9.27. The first kappa shape index (κ1) is 27.1. The number of rotatable bonds is 11. The summed E-state index contributed by atoms with van der Waals surface area (Å²) in [4.78, 5) is 16.3. The lowest BCUT2D eigenvalue weighted by Gasteiger charge is -2.21. The van der Waals surface area contributed by atoms with E-state index in [9.17, 15) is 18.3 Å². The number of benzene rings is 4. The Morgan fingerprint density at radius 1 is 0.925 bits per heavy atom. The van der Waals surface area contributed by atoms with E-state index in [1.807, 2.05) is 55.5 Å². The Morgan fingerprint density at radius 3 is 2.38 bits per heavy atom. The lowest BCUT2D eigenvalue weighted by molar-refractivity contribution is -0.137. The van der Waals surface area contributed by atoms with Crippen LogP contribution in [-0.4, -0.2) is 41.9 Å². The van der Waals surface area contributed by atoms with E-state index in [0.29, 0.717) is 35.6 Å². The number of ether oxygens (including phenoxy) is 1. The molecule has 0 saturated carbocycles. The fourth-order valence-corrected chi connectivity index (χ4v) is 6.05. The molecule has 0 spiro atoms. The maximum absolute atomic E-state index is 13.6. The number of aromatic nitrogens is 1. The summed E-state index contributed by atoms with van der Waals surface area (Å²) in [5.41, 5.74) is 2.36. The van der Waals surface area contributed by atoms with Gasteiger partial charge in [0.2, 0.25) is 15.9 Å². The summed E-state index contributed by atoms with van der Waals surface area (Å²) in [6.45, 7) is 1.49. The number of carbonyl (C=O) groups is 1. The molecule has 0 saturated heterocycles. The van der Waals surface area contributed by atoms with Crippen molar-refractivity contribution in [1.29, 1.82) is 0 Å². The third kappa shape index (κ3) is 6.06. The van der Waals surface area contributed by atoms with E-state index < -0.39 is 22.5 Å². The number of fused-ring (bicyclic) bond motifs is 1. The number of nitrogens with zero attached hydrogens (tertiary/aromatic N) is 2. The highest BCUT2D eigenvalue weighted by atomic mass is 32.2. The SMILES string of the molecule is Cc1oc(-c2ccccc2)nc1CCOc1ccc(CN(CC(=O)O)S(=O)(=O)c2cccc3ccccc23)cc1. The Kier molecular flexibility index (Phi) is 7.95. The van der Waals surface area contributed by atoms with E-state index in [0.717, 1.165) is 26.7 Å². The fourth-order valence-electron chi connectivity index (χ4n) is 4.46. The number of hydrogen-bond donors (Lipinski definition) is 1. The number of hydrogen-bond acceptors (Lipinski definition) is 6. The topological polar surface area (TPSA) is 110 Å². The molecule has 0 fully saturated rings. The van der Waals surface area contributed by atoms with Crippen molar-refractivity contribution in [1.82, 2.24) is 9.29 Å². The second kappa shape index (κ2) is 11.7. The monoisotopic (exact) mass is 556 g/mol. The standard InChI is InChI=1S/C31H28N2O6S/c1-22-28(32-31(39-22)25-9-3-2-4-10-25)18-19-38-26-16-14-23(15-17-26)20-33(21-30(34)35)40(36,37)29-13-7-11-24-8-5-6-12-27(24)29/h2-17H,18-21H2,1H3,(H,34,35). The lowest BCUT2D eigenvalue weighted by atomic mass is 10.1. The van der Waals surface area contributed by atoms with Crippen molar-refractivity contribution in [3.8, 4) is 17.2 Å². The molecule has 9 heteroatoms. The molecule has 40 heavy (non-hydrogen) atoms. The number of aryl methyl sites for hydroxylation is 1. The molecule has 204 valence electrons. The smallest absolute Gasteiger partial charge is 0.318 e. The first-order valence-corrected chi connectivity index (χ1v) is 14.2. The van der Waals surface area contributed by atoms with Crippen LogP contribution >= 0.6 is 0 Å². The van der Waals surface area contributed by atoms with Crippen molar-refractivity contribution < 1.29 is 27.5 Å². The summed E-state index contributed by atoms with van der Waals surface area (Å²) in [6, 6.07) is 28.7. The van der Waals surface area contributed by atoms with Gasteiger partial charge in [-0.15, -0.1) is 0 Å². The largest absolute Gasteiger partial charge is 0.493 e. The van der Waals surface area contributed by atoms with Gasteiger partial charge in [0.05, 0.1) is 17.2 Å². The van der Waals surface area contributed by atoms with Gasteiger partial charge in [0.1, 0.15) is 18.1 Å². The minimum atomic E-state index is -4.09. The predicted molar refractivity (Wildman–Crippen MR) is 151 cm³/mol. The molecule has 4 aromatic carbocycles. The highest BCUT2D eigenvalue weighted by Crippen LogP contribution is 2.27. The maximum Gasteiger partial charge on any atom is 0.318 e. The maximum atomic E-state index is 13.6. The van der Waals surface area contributed by atoms with Crippen molar-refractivity contribution >= 4 is 26.8 Å². The number of aliphatic carboxylic acids is 1. The van der Waals surface area contributed by atoms with E-state index in [1.165, 1.54) is 6.07 Å². The molecule has 1 aromatic heterocycles. The summed E-state index contributed by atoms with van der Waals surface area (Å²) in [5.74, 6) is 0.683. The molecule has 8 nitrogen and oxygen atoms in total. The second-order valence-corrected chi connectivity index (χ2v) is 11.2. The fraction of sp³-hybridized carbons (Fsp3) is 0.161. The number of carboxylic acids is 1. The molecule has 0 aliphatic carbocycles. The quantitative estimate of drug-likeness (QED) is 0.222. The summed E-state index contributed by atoms with van der Waals surface area (Å²) in [6.07, 6.45) is 0.555. The van der Waals surface area contributed by atoms with Crippen LogP contribution in [-0.2, 0) is 27.8 Å². The van der Waals surface area contributed by atoms with Crippen LogP contribution < -0.4 is 4.74 Å². The molecule has 0 aliphatic rings. The summed E-state index contributed by atoms with van der Waals surface area (Å²) < 4.78 is 39.8. The Labute approximate surface area is 232 Å². The Bertz CT molecular complexity index is 1730. The Balaban J connectivity index is 1.26. The lowest BCUT2D eigenvalue weighted by Crippen LogP contribution is -2.35. The molecular formula is C31H28N2O6S. The van der Waals surface area contributed by atoms with Crippen LogP contribution in [0.3, 0.4) is 0 Å². The van der Waals surface area contributed by atoms with Crippen molar-refractivity contribution in [3.63, 3.8) is 0 Å². The summed E-state index contributed by atoms with van der Waals surface area (Å²) in [5, 5.41) is 10.8. The third-order valence-corrected chi connectivity index (χ3v) is 8.33. The van der Waals surface area contributed by atoms with E-state index in [1.54, 1.807) is 42.5 Å². The van der Waals surface area contributed by atoms with Gasteiger partial charge < -0.3 is 14.3 Å². The van der Waals surface area contributed by atoms with Crippen molar-refractivity contribution in [2.75, 3.05) is 13.2 Å². The van der Waals surface area contributed by atoms with Crippen molar-refractivity contribution in [2.24, 2.45) is 0 Å². The molecule has 5 rings (SSSR count). The van der Waals surface area contributed by atoms with Crippen LogP contribution in [0.2, 0.25) is 0 Å². The predicted octanol–water partition coefficient (Wildman–Crippen LogP) is 5.70. The molecule has 0 unspecified atom stereocenters. The molecule has 0 bridgehead atoms. The zero-order chi connectivity index (χ0) is 28.1. The highest BCUT2D eigenvalue weighted by molar-refractivity contribution is 7.89. The zero-order valence-electron chi connectivity index (χ0n) is 21.9. The van der Waals surface area contributed by atoms with Gasteiger partial charge in [0.25, 0.3) is 0 Å². The molecule has 0 atom stereocenters. The van der Waals surface area contributed by atoms with Gasteiger partial charge in [-0.3, -0.25) is 4.79 Å². The van der Waals surface area contributed by atoms with Gasteiger partial charge in [0, 0.05) is 23.9 Å². The van der Waals surface area contributed by atoms with Crippen molar-refractivity contribution in [2.45, 2.75) is 24.8 Å². The highest BCUT2D eigenvalue weighted by Gasteiger charge is 2.28. The van der Waals surface area contributed by atoms with Crippen LogP contribution in [0.15, 0.2) is 106 Å². The van der Waals surface area contributed by atoms with E-state index in [4.69, 9.17) is 9.15 Å². The van der Waals surface area contributed by atoms with Crippen LogP contribution in [0.1, 0.15) is 17.0 Å². The molecule has 1 heterocycles. The zero-order valence-corrected chi connectivity index (χ0v) is 22.7. The molecule has 0 radical (unpaired) electrons. The van der Waals surface area contributed by atoms with E-state index >= 15 is 0 Å². The van der Waals surface area contributed by atoms with E-state index in [2.05, 4.69) is 4.98 Å². The van der Waals surface area contributed by atoms with Crippen molar-refractivity contribution in [3.05, 3.63) is 114 Å². The average molecular weight is 557 g/mol. The first-order chi connectivity index (χ1) is 19.3. The molecule has 1 N–H and O–H groups in total. The Hall–Kier alpha value is -4.47. The van der Waals surface area contributed by atoms with Crippen LogP contribution in [0.25, 0.3) is 22.2 Å². The van der Waals surface area contributed by atoms with Gasteiger partial charge >= 0.3 is 5.97 Å². The van der Waals surface area contributed by atoms with Gasteiger partial charge in [0.15, 0.2) is 0 Å². The van der Waals surface area contributed by atoms with E-state index in [-0.39, 0.29) is 11.4 Å². The number of sulfonamides is 1. The van der Waals surface area contributed by atoms with Gasteiger partial charge in [-0.05, 0) is 48.2 Å².